The van der Waals surface area contributed by atoms with E-state index in [-0.39, 0.29) is 23.4 Å². The number of nitrogens with zero attached hydrogens (tertiary/aromatic N) is 3. The van der Waals surface area contributed by atoms with Crippen LogP contribution in [0, 0.1) is 12.7 Å². The summed E-state index contributed by atoms with van der Waals surface area (Å²) >= 11 is 0. The molecule has 7 heteroatoms. The average Bonchev–Trinajstić information content (AvgIpc) is 3.20. The molecule has 0 amide bonds. The van der Waals surface area contributed by atoms with Crippen molar-refractivity contribution in [3.05, 3.63) is 58.3 Å². The third kappa shape index (κ3) is 2.61. The molecule has 4 aromatic rings. The first-order chi connectivity index (χ1) is 12.4. The number of aromatic nitrogens is 4. The molecule has 0 bridgehead atoms. The Morgan fingerprint density at radius 1 is 1.15 bits per heavy atom. The van der Waals surface area contributed by atoms with E-state index < -0.39 is 0 Å². The van der Waals surface area contributed by atoms with Gasteiger partial charge in [-0.2, -0.15) is 4.98 Å². The minimum atomic E-state index is -0.323. The summed E-state index contributed by atoms with van der Waals surface area (Å²) in [7, 11) is 0. The monoisotopic (exact) mass is 352 g/mol. The molecule has 26 heavy (non-hydrogen) atoms. The van der Waals surface area contributed by atoms with Crippen LogP contribution in [0.4, 0.5) is 4.39 Å². The van der Waals surface area contributed by atoms with Crippen LogP contribution in [0.3, 0.4) is 0 Å². The topological polar surface area (TPSA) is 76.7 Å². The van der Waals surface area contributed by atoms with Crippen LogP contribution in [0.5, 0.6) is 0 Å². The molecule has 6 nitrogen and oxygen atoms in total. The van der Waals surface area contributed by atoms with Gasteiger partial charge in [0.25, 0.3) is 5.89 Å². The summed E-state index contributed by atoms with van der Waals surface area (Å²) in [5.74, 6) is 0.296. The Hall–Kier alpha value is -3.22. The summed E-state index contributed by atoms with van der Waals surface area (Å²) in [5, 5.41) is 3.98. The van der Waals surface area contributed by atoms with Gasteiger partial charge in [0.05, 0.1) is 11.0 Å². The number of hydrogen-bond acceptors (Lipinski definition) is 4. The van der Waals surface area contributed by atoms with Crippen molar-refractivity contribution in [1.29, 1.82) is 0 Å². The highest BCUT2D eigenvalue weighted by Crippen LogP contribution is 2.26. The molecule has 2 heterocycles. The number of H-pyrrole nitrogens is 1. The Balaban J connectivity index is 1.75. The molecule has 0 saturated carbocycles. The van der Waals surface area contributed by atoms with Gasteiger partial charge in [0, 0.05) is 17.2 Å². The molecule has 0 spiro atoms. The van der Waals surface area contributed by atoms with Gasteiger partial charge in [-0.05, 0) is 56.7 Å². The number of halogens is 1. The molecule has 2 aromatic carbocycles. The number of aromatic amines is 1. The molecular weight excluding hydrogens is 335 g/mol. The number of hydrogen-bond donors (Lipinski definition) is 1. The van der Waals surface area contributed by atoms with Gasteiger partial charge in [0.15, 0.2) is 0 Å². The maximum atomic E-state index is 13.7. The molecule has 0 fully saturated rings. The summed E-state index contributed by atoms with van der Waals surface area (Å²) in [4.78, 5) is 19.3. The molecular formula is C19H17FN4O2. The molecule has 4 rings (SSSR count). The van der Waals surface area contributed by atoms with Gasteiger partial charge in [-0.25, -0.2) is 9.18 Å². The van der Waals surface area contributed by atoms with Crippen LogP contribution in [0.2, 0.25) is 0 Å². The van der Waals surface area contributed by atoms with Crippen molar-refractivity contribution in [1.82, 2.24) is 19.7 Å². The van der Waals surface area contributed by atoms with Gasteiger partial charge in [0.1, 0.15) is 5.82 Å². The zero-order valence-electron chi connectivity index (χ0n) is 14.6. The summed E-state index contributed by atoms with van der Waals surface area (Å²) in [5.41, 5.74) is 3.14. The number of fused-ring (bicyclic) bond motifs is 1. The van der Waals surface area contributed by atoms with E-state index in [4.69, 9.17) is 4.52 Å². The molecule has 0 aliphatic heterocycles. The van der Waals surface area contributed by atoms with E-state index in [0.29, 0.717) is 28.0 Å². The van der Waals surface area contributed by atoms with Gasteiger partial charge in [-0.15, -0.1) is 0 Å². The van der Waals surface area contributed by atoms with Crippen molar-refractivity contribution >= 4 is 11.0 Å². The van der Waals surface area contributed by atoms with Crippen LogP contribution in [0.15, 0.2) is 45.7 Å². The van der Waals surface area contributed by atoms with Gasteiger partial charge in [-0.3, -0.25) is 4.57 Å². The number of rotatable bonds is 3. The lowest BCUT2D eigenvalue weighted by Gasteiger charge is -2.06. The van der Waals surface area contributed by atoms with E-state index in [1.54, 1.807) is 29.7 Å². The number of benzene rings is 2. The fraction of sp³-hybridized carbons (Fsp3) is 0.211. The Morgan fingerprint density at radius 2 is 1.92 bits per heavy atom. The maximum absolute atomic E-state index is 13.7. The van der Waals surface area contributed by atoms with Gasteiger partial charge in [-0.1, -0.05) is 11.2 Å². The molecule has 0 atom stereocenters. The SMILES string of the molecule is Cc1ccc(-c2nc(-c3ccc4c(c3)[nH]c(=O)n4C(C)C)no2)cc1F. The van der Waals surface area contributed by atoms with E-state index in [9.17, 15) is 9.18 Å². The largest absolute Gasteiger partial charge is 0.334 e. The van der Waals surface area contributed by atoms with Crippen molar-refractivity contribution in [2.24, 2.45) is 0 Å². The maximum Gasteiger partial charge on any atom is 0.326 e. The zero-order valence-corrected chi connectivity index (χ0v) is 14.6. The molecule has 0 unspecified atom stereocenters. The molecule has 132 valence electrons. The van der Waals surface area contributed by atoms with Crippen LogP contribution in [-0.4, -0.2) is 19.7 Å². The van der Waals surface area contributed by atoms with Crippen molar-refractivity contribution in [2.75, 3.05) is 0 Å². The first-order valence-electron chi connectivity index (χ1n) is 8.29. The van der Waals surface area contributed by atoms with Crippen LogP contribution in [0.1, 0.15) is 25.5 Å². The zero-order chi connectivity index (χ0) is 18.4. The predicted molar refractivity (Wildman–Crippen MR) is 96.4 cm³/mol. The molecule has 0 radical (unpaired) electrons. The summed E-state index contributed by atoms with van der Waals surface area (Å²) in [6, 6.07) is 10.3. The van der Waals surface area contributed by atoms with Crippen molar-refractivity contribution < 1.29 is 8.91 Å². The van der Waals surface area contributed by atoms with Crippen molar-refractivity contribution in [3.63, 3.8) is 0 Å². The van der Waals surface area contributed by atoms with Gasteiger partial charge < -0.3 is 9.51 Å². The second-order valence-corrected chi connectivity index (χ2v) is 6.51. The highest BCUT2D eigenvalue weighted by atomic mass is 19.1. The molecule has 0 saturated heterocycles. The van der Waals surface area contributed by atoms with E-state index in [1.165, 1.54) is 6.07 Å². The Bertz CT molecular complexity index is 1170. The number of nitrogens with one attached hydrogen (secondary N) is 1. The van der Waals surface area contributed by atoms with Gasteiger partial charge in [0.2, 0.25) is 5.82 Å². The summed E-state index contributed by atoms with van der Waals surface area (Å²) in [6.07, 6.45) is 0. The standard InChI is InChI=1S/C19H17FN4O2/c1-10(2)24-16-7-6-12(9-15(16)21-19(24)25)17-22-18(26-23-17)13-5-4-11(3)14(20)8-13/h4-10H,1-3H3,(H,21,25). The van der Waals surface area contributed by atoms with Crippen LogP contribution < -0.4 is 5.69 Å². The van der Waals surface area contributed by atoms with Crippen LogP contribution >= 0.6 is 0 Å². The second-order valence-electron chi connectivity index (χ2n) is 6.51. The summed E-state index contributed by atoms with van der Waals surface area (Å²) < 4.78 is 20.7. The minimum absolute atomic E-state index is 0.0512. The van der Waals surface area contributed by atoms with Crippen molar-refractivity contribution in [2.45, 2.75) is 26.8 Å². The lowest BCUT2D eigenvalue weighted by Crippen LogP contribution is -2.18. The lowest BCUT2D eigenvalue weighted by molar-refractivity contribution is 0.432. The highest BCUT2D eigenvalue weighted by Gasteiger charge is 2.15. The van der Waals surface area contributed by atoms with Crippen LogP contribution in [0.25, 0.3) is 33.9 Å². The third-order valence-corrected chi connectivity index (χ3v) is 4.34. The summed E-state index contributed by atoms with van der Waals surface area (Å²) in [6.45, 7) is 5.60. The van der Waals surface area contributed by atoms with Gasteiger partial charge >= 0.3 is 5.69 Å². The van der Waals surface area contributed by atoms with Crippen LogP contribution in [-0.2, 0) is 0 Å². The molecule has 0 aliphatic rings. The quantitative estimate of drug-likeness (QED) is 0.603. The fourth-order valence-corrected chi connectivity index (χ4v) is 2.97. The van der Waals surface area contributed by atoms with E-state index in [1.807, 2.05) is 26.0 Å². The first-order valence-corrected chi connectivity index (χ1v) is 8.29. The highest BCUT2D eigenvalue weighted by molar-refractivity contribution is 5.81. The first kappa shape index (κ1) is 16.3. The lowest BCUT2D eigenvalue weighted by atomic mass is 10.1. The average molecular weight is 352 g/mol. The Labute approximate surface area is 148 Å². The Kier molecular flexibility index (Phi) is 3.72. The van der Waals surface area contributed by atoms with E-state index >= 15 is 0 Å². The third-order valence-electron chi connectivity index (χ3n) is 4.34. The van der Waals surface area contributed by atoms with E-state index in [2.05, 4.69) is 15.1 Å². The second kappa shape index (κ2) is 5.94. The Morgan fingerprint density at radius 3 is 2.65 bits per heavy atom. The predicted octanol–water partition coefficient (Wildman–Crippen LogP) is 4.08. The number of imidazole rings is 1. The van der Waals surface area contributed by atoms with Crippen molar-refractivity contribution in [3.8, 4) is 22.8 Å². The minimum Gasteiger partial charge on any atom is -0.334 e. The fourth-order valence-electron chi connectivity index (χ4n) is 2.97. The molecule has 0 aliphatic carbocycles. The van der Waals surface area contributed by atoms with E-state index in [0.717, 1.165) is 5.52 Å². The molecule has 2 aromatic heterocycles. The number of aryl methyl sites for hydroxylation is 1. The molecule has 1 N–H and O–H groups in total. The normalized spacial score (nSPS) is 11.6. The smallest absolute Gasteiger partial charge is 0.326 e.